The Morgan fingerprint density at radius 2 is 1.89 bits per heavy atom. The molecule has 3 aliphatic heterocycles. The van der Waals surface area contributed by atoms with E-state index >= 15 is 0 Å². The summed E-state index contributed by atoms with van der Waals surface area (Å²) in [5.41, 5.74) is 0. The fourth-order valence-corrected chi connectivity index (χ4v) is 4.58. The van der Waals surface area contributed by atoms with Crippen molar-refractivity contribution in [1.29, 1.82) is 0 Å². The lowest BCUT2D eigenvalue weighted by atomic mass is 9.94. The number of hydrogen-bond donors (Lipinski definition) is 1. The minimum atomic E-state index is 0.809. The van der Waals surface area contributed by atoms with Gasteiger partial charge < -0.3 is 5.32 Å². The molecule has 102 valence electrons. The van der Waals surface area contributed by atoms with Crippen LogP contribution in [-0.2, 0) is 0 Å². The molecule has 0 aromatic heterocycles. The van der Waals surface area contributed by atoms with Crippen LogP contribution in [0.1, 0.15) is 39.0 Å². The van der Waals surface area contributed by atoms with Gasteiger partial charge in [0.15, 0.2) is 0 Å². The van der Waals surface area contributed by atoms with Crippen LogP contribution in [-0.4, -0.2) is 60.1 Å². The van der Waals surface area contributed by atoms with Gasteiger partial charge in [-0.3, -0.25) is 9.80 Å². The highest BCUT2D eigenvalue weighted by molar-refractivity contribution is 5.01. The van der Waals surface area contributed by atoms with Crippen LogP contribution < -0.4 is 5.32 Å². The van der Waals surface area contributed by atoms with E-state index in [1.54, 1.807) is 0 Å². The van der Waals surface area contributed by atoms with Crippen LogP contribution in [0.5, 0.6) is 0 Å². The third-order valence-electron chi connectivity index (χ3n) is 5.76. The summed E-state index contributed by atoms with van der Waals surface area (Å²) < 4.78 is 0. The van der Waals surface area contributed by atoms with E-state index in [1.807, 2.05) is 0 Å². The van der Waals surface area contributed by atoms with E-state index in [2.05, 4.69) is 22.0 Å². The number of fused-ring (bicyclic) bond motifs is 1. The van der Waals surface area contributed by atoms with Crippen molar-refractivity contribution >= 4 is 0 Å². The quantitative estimate of drug-likeness (QED) is 0.796. The monoisotopic (exact) mass is 249 g/mol. The summed E-state index contributed by atoms with van der Waals surface area (Å²) in [4.78, 5) is 5.60. The topological polar surface area (TPSA) is 18.5 Å². The molecule has 2 unspecified atom stereocenters. The largest absolute Gasteiger partial charge is 0.312 e. The third kappa shape index (κ3) is 2.00. The second-order valence-corrected chi connectivity index (χ2v) is 7.08. The molecule has 0 spiro atoms. The third-order valence-corrected chi connectivity index (χ3v) is 5.76. The zero-order chi connectivity index (χ0) is 12.1. The zero-order valence-corrected chi connectivity index (χ0v) is 11.6. The lowest BCUT2D eigenvalue weighted by Gasteiger charge is -2.25. The van der Waals surface area contributed by atoms with Crippen molar-refractivity contribution in [2.75, 3.05) is 26.2 Å². The minimum absolute atomic E-state index is 0.809. The highest BCUT2D eigenvalue weighted by Gasteiger charge is 2.44. The van der Waals surface area contributed by atoms with Crippen LogP contribution in [0.2, 0.25) is 0 Å². The van der Waals surface area contributed by atoms with Gasteiger partial charge in [-0.2, -0.15) is 0 Å². The lowest BCUT2D eigenvalue weighted by Crippen LogP contribution is -2.41. The first-order chi connectivity index (χ1) is 8.81. The smallest absolute Gasteiger partial charge is 0.0238 e. The fraction of sp³-hybridized carbons (Fsp3) is 1.00. The molecule has 0 amide bonds. The molecule has 4 atom stereocenters. The first-order valence-corrected chi connectivity index (χ1v) is 8.04. The van der Waals surface area contributed by atoms with Crippen LogP contribution in [0.15, 0.2) is 0 Å². The first kappa shape index (κ1) is 11.7. The molecule has 18 heavy (non-hydrogen) atoms. The van der Waals surface area contributed by atoms with E-state index < -0.39 is 0 Å². The van der Waals surface area contributed by atoms with Gasteiger partial charge in [0.05, 0.1) is 0 Å². The van der Waals surface area contributed by atoms with Gasteiger partial charge in [0.2, 0.25) is 0 Å². The Labute approximate surface area is 111 Å². The standard InChI is InChI=1S/C15H27N3/c1-11-7-14(9-18(11)13-4-5-13)17-8-12-3-2-6-16-15(12)10-17/h11-16H,2-10H2,1H3/t11?,12-,14?,15+/m0/s1. The average molecular weight is 249 g/mol. The first-order valence-electron chi connectivity index (χ1n) is 8.04. The molecule has 0 aromatic rings. The van der Waals surface area contributed by atoms with E-state index in [1.165, 1.54) is 58.3 Å². The van der Waals surface area contributed by atoms with Gasteiger partial charge in [0.25, 0.3) is 0 Å². The van der Waals surface area contributed by atoms with Gasteiger partial charge in [0, 0.05) is 43.8 Å². The van der Waals surface area contributed by atoms with Crippen molar-refractivity contribution in [2.24, 2.45) is 5.92 Å². The van der Waals surface area contributed by atoms with Gasteiger partial charge in [-0.05, 0) is 51.5 Å². The lowest BCUT2D eigenvalue weighted by molar-refractivity contribution is 0.214. The molecule has 1 saturated carbocycles. The molecule has 3 saturated heterocycles. The Hall–Kier alpha value is -0.120. The van der Waals surface area contributed by atoms with Gasteiger partial charge in [-0.15, -0.1) is 0 Å². The number of nitrogens with zero attached hydrogens (tertiary/aromatic N) is 2. The minimum Gasteiger partial charge on any atom is -0.312 e. The van der Waals surface area contributed by atoms with E-state index in [4.69, 9.17) is 0 Å². The summed E-state index contributed by atoms with van der Waals surface area (Å²) in [6, 6.07) is 3.45. The second-order valence-electron chi connectivity index (χ2n) is 7.08. The van der Waals surface area contributed by atoms with Gasteiger partial charge in [-0.1, -0.05) is 0 Å². The van der Waals surface area contributed by atoms with Crippen molar-refractivity contribution < 1.29 is 0 Å². The Morgan fingerprint density at radius 3 is 2.67 bits per heavy atom. The Bertz CT molecular complexity index is 301. The molecule has 0 radical (unpaired) electrons. The maximum absolute atomic E-state index is 3.74. The van der Waals surface area contributed by atoms with Crippen LogP contribution in [0.3, 0.4) is 0 Å². The Kier molecular flexibility index (Phi) is 2.90. The summed E-state index contributed by atoms with van der Waals surface area (Å²) >= 11 is 0. The van der Waals surface area contributed by atoms with Crippen molar-refractivity contribution in [3.63, 3.8) is 0 Å². The maximum atomic E-state index is 3.74. The zero-order valence-electron chi connectivity index (χ0n) is 11.6. The molecule has 1 N–H and O–H groups in total. The molecular formula is C15H27N3. The predicted molar refractivity (Wildman–Crippen MR) is 73.7 cm³/mol. The molecule has 3 heterocycles. The summed E-state index contributed by atoms with van der Waals surface area (Å²) in [6.45, 7) is 7.74. The highest BCUT2D eigenvalue weighted by Crippen LogP contribution is 2.36. The maximum Gasteiger partial charge on any atom is 0.0238 e. The summed E-state index contributed by atoms with van der Waals surface area (Å²) in [5, 5.41) is 3.74. The van der Waals surface area contributed by atoms with E-state index in [9.17, 15) is 0 Å². The van der Waals surface area contributed by atoms with Crippen LogP contribution in [0.25, 0.3) is 0 Å². The van der Waals surface area contributed by atoms with E-state index in [0.29, 0.717) is 0 Å². The average Bonchev–Trinajstić information content (AvgIpc) is 3.00. The molecule has 4 rings (SSSR count). The molecule has 0 aromatic carbocycles. The van der Waals surface area contributed by atoms with E-state index in [-0.39, 0.29) is 0 Å². The molecule has 4 fully saturated rings. The van der Waals surface area contributed by atoms with Crippen molar-refractivity contribution in [1.82, 2.24) is 15.1 Å². The molecular weight excluding hydrogens is 222 g/mol. The van der Waals surface area contributed by atoms with Gasteiger partial charge >= 0.3 is 0 Å². The number of likely N-dealkylation sites (tertiary alicyclic amines) is 2. The SMILES string of the molecule is CC1CC(N2C[C@@H]3CCCN[C@@H]3C2)CN1C1CC1. The van der Waals surface area contributed by atoms with Crippen molar-refractivity contribution in [3.8, 4) is 0 Å². The van der Waals surface area contributed by atoms with Gasteiger partial charge in [-0.25, -0.2) is 0 Å². The van der Waals surface area contributed by atoms with Crippen LogP contribution >= 0.6 is 0 Å². The Balaban J connectivity index is 1.39. The summed E-state index contributed by atoms with van der Waals surface area (Å²) in [7, 11) is 0. The summed E-state index contributed by atoms with van der Waals surface area (Å²) in [5.74, 6) is 0.948. The number of nitrogens with one attached hydrogen (secondary N) is 1. The fourth-order valence-electron chi connectivity index (χ4n) is 4.58. The Morgan fingerprint density at radius 1 is 1.00 bits per heavy atom. The molecule has 3 nitrogen and oxygen atoms in total. The predicted octanol–water partition coefficient (Wildman–Crippen LogP) is 1.30. The van der Waals surface area contributed by atoms with Crippen LogP contribution in [0.4, 0.5) is 0 Å². The van der Waals surface area contributed by atoms with Crippen molar-refractivity contribution in [2.45, 2.75) is 63.2 Å². The molecule has 0 bridgehead atoms. The normalized spacial score (nSPS) is 46.5. The van der Waals surface area contributed by atoms with Gasteiger partial charge in [0.1, 0.15) is 0 Å². The molecule has 1 aliphatic carbocycles. The highest BCUT2D eigenvalue weighted by atomic mass is 15.3. The van der Waals surface area contributed by atoms with Crippen LogP contribution in [0, 0.1) is 5.92 Å². The second kappa shape index (κ2) is 4.46. The molecule has 3 heteroatoms. The van der Waals surface area contributed by atoms with Crippen molar-refractivity contribution in [3.05, 3.63) is 0 Å². The van der Waals surface area contributed by atoms with E-state index in [0.717, 1.165) is 30.1 Å². The number of rotatable bonds is 2. The number of hydrogen-bond acceptors (Lipinski definition) is 3. The summed E-state index contributed by atoms with van der Waals surface area (Å²) in [6.07, 6.45) is 7.19. The molecule has 4 aliphatic rings. The number of piperidine rings is 1.